The lowest BCUT2D eigenvalue weighted by Crippen LogP contribution is -2.28. The fourth-order valence-electron chi connectivity index (χ4n) is 3.10. The van der Waals surface area contributed by atoms with Crippen LogP contribution >= 0.6 is 0 Å². The summed E-state index contributed by atoms with van der Waals surface area (Å²) in [6.07, 6.45) is 0.0441. The second kappa shape index (κ2) is 7.14. The summed E-state index contributed by atoms with van der Waals surface area (Å²) in [6, 6.07) is 8.91. The number of hydrogen-bond acceptors (Lipinski definition) is 4. The highest BCUT2D eigenvalue weighted by Crippen LogP contribution is 2.30. The Balaban J connectivity index is 1.75. The molecule has 1 atom stereocenters. The number of carbonyl (C=O) groups is 2. The molecule has 0 radical (unpaired) electrons. The maximum atomic E-state index is 13.4. The molecule has 0 unspecified atom stereocenters. The van der Waals surface area contributed by atoms with Crippen molar-refractivity contribution in [1.29, 1.82) is 0 Å². The molecule has 0 saturated carbocycles. The smallest absolute Gasteiger partial charge is 0.306 e. The van der Waals surface area contributed by atoms with Crippen LogP contribution in [0.15, 0.2) is 36.4 Å². The highest BCUT2D eigenvalue weighted by molar-refractivity contribution is 6.04. The fourth-order valence-corrected chi connectivity index (χ4v) is 3.10. The Bertz CT molecular complexity index is 945. The number of hydrogen-bond donors (Lipinski definition) is 1. The predicted octanol–water partition coefficient (Wildman–Crippen LogP) is 3.34. The summed E-state index contributed by atoms with van der Waals surface area (Å²) in [6.45, 7) is 4.04. The summed E-state index contributed by atoms with van der Waals surface area (Å²) in [5, 5.41) is 13.4. The molecule has 7 nitrogen and oxygen atoms in total. The summed E-state index contributed by atoms with van der Waals surface area (Å²) < 4.78 is 13.4. The molecule has 3 rings (SSSR count). The lowest BCUT2D eigenvalue weighted by molar-refractivity contribution is -0.387. The number of nitrogens with one attached hydrogen (secondary N) is 1. The molecule has 0 aliphatic carbocycles. The van der Waals surface area contributed by atoms with Gasteiger partial charge in [0.15, 0.2) is 0 Å². The second-order valence-electron chi connectivity index (χ2n) is 6.61. The zero-order valence-corrected chi connectivity index (χ0v) is 14.9. The van der Waals surface area contributed by atoms with Crippen molar-refractivity contribution in [3.8, 4) is 0 Å². The van der Waals surface area contributed by atoms with Crippen molar-refractivity contribution in [2.75, 3.05) is 16.8 Å². The van der Waals surface area contributed by atoms with E-state index in [-0.39, 0.29) is 24.6 Å². The Morgan fingerprint density at radius 1 is 1.26 bits per heavy atom. The van der Waals surface area contributed by atoms with Crippen LogP contribution in [0.4, 0.5) is 21.5 Å². The maximum absolute atomic E-state index is 13.4. The van der Waals surface area contributed by atoms with Crippen LogP contribution in [0.5, 0.6) is 0 Å². The molecule has 1 fully saturated rings. The summed E-state index contributed by atoms with van der Waals surface area (Å²) in [7, 11) is 0. The summed E-state index contributed by atoms with van der Waals surface area (Å²) in [5.74, 6) is -2.16. The molecular weight excluding hydrogens is 353 g/mol. The minimum absolute atomic E-state index is 0.0441. The van der Waals surface area contributed by atoms with Crippen molar-refractivity contribution in [2.24, 2.45) is 5.92 Å². The lowest BCUT2D eigenvalue weighted by atomic mass is 10.1. The van der Waals surface area contributed by atoms with Gasteiger partial charge in [0.05, 0.1) is 10.8 Å². The number of nitro benzene ring substituents is 1. The van der Waals surface area contributed by atoms with Crippen LogP contribution in [0.25, 0.3) is 0 Å². The summed E-state index contributed by atoms with van der Waals surface area (Å²) in [4.78, 5) is 36.5. The first-order chi connectivity index (χ1) is 12.8. The van der Waals surface area contributed by atoms with Crippen molar-refractivity contribution < 1.29 is 18.9 Å². The van der Waals surface area contributed by atoms with Crippen LogP contribution in [-0.4, -0.2) is 23.3 Å². The van der Waals surface area contributed by atoms with Crippen LogP contribution in [0.1, 0.15) is 17.5 Å². The Hall–Kier alpha value is -3.29. The zero-order valence-electron chi connectivity index (χ0n) is 14.9. The Kier molecular flexibility index (Phi) is 4.89. The first-order valence-corrected chi connectivity index (χ1v) is 8.38. The molecular formula is C19H18FN3O4. The predicted molar refractivity (Wildman–Crippen MR) is 98.1 cm³/mol. The quantitative estimate of drug-likeness (QED) is 0.659. The van der Waals surface area contributed by atoms with E-state index in [2.05, 4.69) is 5.32 Å². The molecule has 2 aromatic carbocycles. The molecule has 8 heteroatoms. The largest absolute Gasteiger partial charge is 0.326 e. The first-order valence-electron chi connectivity index (χ1n) is 8.38. The van der Waals surface area contributed by atoms with Crippen LogP contribution in [0.2, 0.25) is 0 Å². The number of halogens is 1. The number of amides is 2. The zero-order chi connectivity index (χ0) is 19.7. The molecule has 1 N–H and O–H groups in total. The van der Waals surface area contributed by atoms with Gasteiger partial charge in [-0.3, -0.25) is 19.7 Å². The van der Waals surface area contributed by atoms with Crippen molar-refractivity contribution in [1.82, 2.24) is 0 Å². The molecule has 1 saturated heterocycles. The van der Waals surface area contributed by atoms with E-state index >= 15 is 0 Å². The highest BCUT2D eigenvalue weighted by Gasteiger charge is 2.36. The molecule has 0 bridgehead atoms. The number of nitrogens with zero attached hydrogens (tertiary/aromatic N) is 2. The first kappa shape index (κ1) is 18.5. The average molecular weight is 371 g/mol. The van der Waals surface area contributed by atoms with Gasteiger partial charge in [0, 0.05) is 30.4 Å². The van der Waals surface area contributed by atoms with E-state index < -0.39 is 28.3 Å². The number of nitro groups is 1. The highest BCUT2D eigenvalue weighted by atomic mass is 19.1. The number of carbonyl (C=O) groups excluding carboxylic acids is 2. The van der Waals surface area contributed by atoms with Crippen molar-refractivity contribution in [2.45, 2.75) is 20.3 Å². The second-order valence-corrected chi connectivity index (χ2v) is 6.61. The molecule has 2 amide bonds. The Morgan fingerprint density at radius 3 is 2.70 bits per heavy atom. The van der Waals surface area contributed by atoms with Gasteiger partial charge < -0.3 is 10.2 Å². The van der Waals surface area contributed by atoms with E-state index in [1.807, 2.05) is 32.0 Å². The van der Waals surface area contributed by atoms with Gasteiger partial charge in [-0.25, -0.2) is 0 Å². The summed E-state index contributed by atoms with van der Waals surface area (Å²) >= 11 is 0. The monoisotopic (exact) mass is 371 g/mol. The fraction of sp³-hybridized carbons (Fsp3) is 0.263. The average Bonchev–Trinajstić information content (AvgIpc) is 3.00. The van der Waals surface area contributed by atoms with Crippen molar-refractivity contribution in [3.63, 3.8) is 0 Å². The molecule has 2 aromatic rings. The normalized spacial score (nSPS) is 16.5. The topological polar surface area (TPSA) is 92.6 Å². The molecule has 1 heterocycles. The molecule has 1 aliphatic heterocycles. The molecule has 1 aliphatic rings. The van der Waals surface area contributed by atoms with Gasteiger partial charge in [0.1, 0.15) is 0 Å². The number of benzene rings is 2. The molecule has 0 spiro atoms. The van der Waals surface area contributed by atoms with Gasteiger partial charge in [0.2, 0.25) is 17.6 Å². The minimum Gasteiger partial charge on any atom is -0.326 e. The van der Waals surface area contributed by atoms with E-state index in [1.165, 1.54) is 6.07 Å². The van der Waals surface area contributed by atoms with Crippen LogP contribution in [0, 0.1) is 35.7 Å². The van der Waals surface area contributed by atoms with Crippen molar-refractivity contribution in [3.05, 3.63) is 63.5 Å². The number of rotatable bonds is 4. The van der Waals surface area contributed by atoms with Crippen LogP contribution in [0.3, 0.4) is 0 Å². The molecule has 140 valence electrons. The van der Waals surface area contributed by atoms with Crippen LogP contribution in [-0.2, 0) is 9.59 Å². The van der Waals surface area contributed by atoms with E-state index in [1.54, 1.807) is 4.90 Å². The van der Waals surface area contributed by atoms with E-state index in [9.17, 15) is 24.1 Å². The Morgan fingerprint density at radius 2 is 2.00 bits per heavy atom. The lowest BCUT2D eigenvalue weighted by Gasteiger charge is -2.19. The van der Waals surface area contributed by atoms with Gasteiger partial charge in [-0.05, 0) is 43.2 Å². The van der Waals surface area contributed by atoms with E-state index in [0.29, 0.717) is 0 Å². The maximum Gasteiger partial charge on any atom is 0.306 e. The number of anilines is 2. The molecule has 27 heavy (non-hydrogen) atoms. The third-order valence-electron chi connectivity index (χ3n) is 4.56. The van der Waals surface area contributed by atoms with Gasteiger partial charge in [-0.1, -0.05) is 12.1 Å². The molecule has 0 aromatic heterocycles. The Labute approximate surface area is 154 Å². The number of aryl methyl sites for hydroxylation is 2. The summed E-state index contributed by atoms with van der Waals surface area (Å²) in [5.41, 5.74) is 2.12. The van der Waals surface area contributed by atoms with Gasteiger partial charge in [-0.2, -0.15) is 4.39 Å². The van der Waals surface area contributed by atoms with Gasteiger partial charge in [-0.15, -0.1) is 0 Å². The van der Waals surface area contributed by atoms with E-state index in [0.717, 1.165) is 28.9 Å². The van der Waals surface area contributed by atoms with Crippen LogP contribution < -0.4 is 10.2 Å². The minimum atomic E-state index is -0.977. The van der Waals surface area contributed by atoms with Gasteiger partial charge >= 0.3 is 5.69 Å². The van der Waals surface area contributed by atoms with Crippen molar-refractivity contribution >= 4 is 28.9 Å². The van der Waals surface area contributed by atoms with E-state index in [4.69, 9.17) is 0 Å². The third-order valence-corrected chi connectivity index (χ3v) is 4.56. The van der Waals surface area contributed by atoms with Gasteiger partial charge in [0.25, 0.3) is 0 Å². The SMILES string of the molecule is Cc1ccc(C)c(N2C[C@H](C(=O)Nc3ccc(F)c([N+](=O)[O-])c3)CC2=O)c1. The standard InChI is InChI=1S/C19H18FN3O4/c1-11-3-4-12(2)16(7-11)22-10-13(8-18(22)24)19(25)21-14-5-6-15(20)17(9-14)23(26)27/h3-7,9,13H,8,10H2,1-2H3,(H,21,25)/t13-/m1/s1. The third kappa shape index (κ3) is 3.79.